The lowest BCUT2D eigenvalue weighted by molar-refractivity contribution is -0.123. The molecule has 3 rings (SSSR count). The lowest BCUT2D eigenvalue weighted by Gasteiger charge is -2.18. The van der Waals surface area contributed by atoms with Crippen LogP contribution in [0.4, 0.5) is 5.69 Å². The maximum Gasteiger partial charge on any atom is 0.258 e. The molecule has 0 radical (unpaired) electrons. The zero-order valence-electron chi connectivity index (χ0n) is 15.6. The Balaban J connectivity index is 1.51. The third-order valence-corrected chi connectivity index (χ3v) is 4.41. The van der Waals surface area contributed by atoms with E-state index in [1.54, 1.807) is 6.07 Å². The number of anilines is 1. The normalized spacial score (nSPS) is 13.9. The van der Waals surface area contributed by atoms with E-state index in [1.165, 1.54) is 0 Å². The first-order valence-corrected chi connectivity index (χ1v) is 9.13. The summed E-state index contributed by atoms with van der Waals surface area (Å²) in [7, 11) is 0. The van der Waals surface area contributed by atoms with Crippen molar-refractivity contribution in [3.05, 3.63) is 53.6 Å². The molecule has 0 saturated carbocycles. The fourth-order valence-corrected chi connectivity index (χ4v) is 2.98. The van der Waals surface area contributed by atoms with E-state index in [9.17, 15) is 9.59 Å². The van der Waals surface area contributed by atoms with Crippen molar-refractivity contribution in [3.63, 3.8) is 0 Å². The molecule has 2 aromatic rings. The summed E-state index contributed by atoms with van der Waals surface area (Å²) in [6.07, 6.45) is 1.15. The van der Waals surface area contributed by atoms with Crippen LogP contribution >= 0.6 is 0 Å². The van der Waals surface area contributed by atoms with Gasteiger partial charge in [-0.2, -0.15) is 0 Å². The van der Waals surface area contributed by atoms with Crippen LogP contribution in [0.15, 0.2) is 42.5 Å². The highest BCUT2D eigenvalue weighted by Crippen LogP contribution is 2.26. The quantitative estimate of drug-likeness (QED) is 0.787. The second-order valence-electron chi connectivity index (χ2n) is 6.45. The second kappa shape index (κ2) is 8.58. The molecule has 0 unspecified atom stereocenters. The molecule has 2 N–H and O–H groups in total. The van der Waals surface area contributed by atoms with Gasteiger partial charge in [0.15, 0.2) is 6.61 Å². The Morgan fingerprint density at radius 2 is 1.85 bits per heavy atom. The highest BCUT2D eigenvalue weighted by Gasteiger charge is 2.16. The minimum absolute atomic E-state index is 0.0267. The summed E-state index contributed by atoms with van der Waals surface area (Å²) in [5.74, 6) is 1.27. The van der Waals surface area contributed by atoms with E-state index in [1.807, 2.05) is 50.2 Å². The first-order valence-electron chi connectivity index (χ1n) is 9.13. The number of carbonyl (C=O) groups excluding carboxylic acids is 2. The van der Waals surface area contributed by atoms with Crippen LogP contribution in [0, 0.1) is 0 Å². The highest BCUT2D eigenvalue weighted by atomic mass is 16.5. The Kier molecular flexibility index (Phi) is 5.96. The van der Waals surface area contributed by atoms with Crippen LogP contribution in [0.5, 0.6) is 11.5 Å². The van der Waals surface area contributed by atoms with Crippen LogP contribution in [-0.4, -0.2) is 25.0 Å². The topological polar surface area (TPSA) is 76.7 Å². The summed E-state index contributed by atoms with van der Waals surface area (Å²) in [6, 6.07) is 13.0. The average Bonchev–Trinajstić information content (AvgIpc) is 2.67. The largest absolute Gasteiger partial charge is 0.494 e. The molecule has 0 spiro atoms. The average molecular weight is 368 g/mol. The predicted molar refractivity (Wildman–Crippen MR) is 103 cm³/mol. The van der Waals surface area contributed by atoms with Crippen LogP contribution in [0.25, 0.3) is 0 Å². The molecular formula is C21H24N2O4. The second-order valence-corrected chi connectivity index (χ2v) is 6.45. The van der Waals surface area contributed by atoms with E-state index in [2.05, 4.69) is 10.6 Å². The first kappa shape index (κ1) is 18.8. The van der Waals surface area contributed by atoms with Gasteiger partial charge < -0.3 is 20.1 Å². The van der Waals surface area contributed by atoms with E-state index >= 15 is 0 Å². The Bertz CT molecular complexity index is 817. The third-order valence-electron chi connectivity index (χ3n) is 4.41. The monoisotopic (exact) mass is 368 g/mol. The summed E-state index contributed by atoms with van der Waals surface area (Å²) < 4.78 is 11.0. The number of nitrogens with one attached hydrogen (secondary N) is 2. The number of rotatable bonds is 7. The predicted octanol–water partition coefficient (Wildman–Crippen LogP) is 3.23. The molecule has 0 saturated heterocycles. The van der Waals surface area contributed by atoms with Gasteiger partial charge in [0.2, 0.25) is 5.91 Å². The highest BCUT2D eigenvalue weighted by molar-refractivity contribution is 5.94. The van der Waals surface area contributed by atoms with Gasteiger partial charge in [-0.1, -0.05) is 12.1 Å². The third kappa shape index (κ3) is 5.00. The Morgan fingerprint density at radius 1 is 1.11 bits per heavy atom. The van der Waals surface area contributed by atoms with Crippen molar-refractivity contribution >= 4 is 17.5 Å². The van der Waals surface area contributed by atoms with Crippen LogP contribution < -0.4 is 20.1 Å². The molecule has 0 aromatic heterocycles. The van der Waals surface area contributed by atoms with Crippen molar-refractivity contribution < 1.29 is 19.1 Å². The van der Waals surface area contributed by atoms with Crippen molar-refractivity contribution in [3.8, 4) is 11.5 Å². The fourth-order valence-electron chi connectivity index (χ4n) is 2.98. The molecule has 1 heterocycles. The van der Waals surface area contributed by atoms with Crippen molar-refractivity contribution in [2.75, 3.05) is 18.5 Å². The fraction of sp³-hybridized carbons (Fsp3) is 0.333. The van der Waals surface area contributed by atoms with Crippen LogP contribution in [0.3, 0.4) is 0 Å². The lowest BCUT2D eigenvalue weighted by Crippen LogP contribution is -2.31. The standard InChI is InChI=1S/C21H24N2O4/c1-3-26-17-7-4-15(5-8-17)14(2)22-21(25)13-27-18-9-10-19-16(12-18)6-11-20(24)23-19/h4-5,7-10,12,14H,3,6,11,13H2,1-2H3,(H,22,25)(H,23,24)/t14-/m0/s1. The molecule has 6 nitrogen and oxygen atoms in total. The van der Waals surface area contributed by atoms with E-state index in [4.69, 9.17) is 9.47 Å². The number of carbonyl (C=O) groups is 2. The molecule has 1 aliphatic heterocycles. The zero-order chi connectivity index (χ0) is 19.2. The summed E-state index contributed by atoms with van der Waals surface area (Å²) in [4.78, 5) is 23.6. The number of benzene rings is 2. The number of fused-ring (bicyclic) bond motifs is 1. The molecule has 2 amide bonds. The van der Waals surface area contributed by atoms with E-state index in [0.29, 0.717) is 25.2 Å². The maximum atomic E-state index is 12.2. The van der Waals surface area contributed by atoms with Gasteiger partial charge in [-0.15, -0.1) is 0 Å². The van der Waals surface area contributed by atoms with E-state index in [-0.39, 0.29) is 24.5 Å². The number of ether oxygens (including phenoxy) is 2. The lowest BCUT2D eigenvalue weighted by atomic mass is 10.0. The molecule has 27 heavy (non-hydrogen) atoms. The summed E-state index contributed by atoms with van der Waals surface area (Å²) in [5.41, 5.74) is 2.83. The van der Waals surface area contributed by atoms with Gasteiger partial charge >= 0.3 is 0 Å². The van der Waals surface area contributed by atoms with Gasteiger partial charge in [0, 0.05) is 12.1 Å². The molecule has 6 heteroatoms. The Labute approximate surface area is 158 Å². The molecule has 1 aliphatic rings. The minimum Gasteiger partial charge on any atom is -0.494 e. The van der Waals surface area contributed by atoms with E-state index < -0.39 is 0 Å². The molecular weight excluding hydrogens is 344 g/mol. The summed E-state index contributed by atoms with van der Waals surface area (Å²) in [5, 5.41) is 5.75. The SMILES string of the molecule is CCOc1ccc([C@H](C)NC(=O)COc2ccc3c(c2)CCC(=O)N3)cc1. The summed E-state index contributed by atoms with van der Waals surface area (Å²) >= 11 is 0. The minimum atomic E-state index is -0.192. The maximum absolute atomic E-state index is 12.2. The smallest absolute Gasteiger partial charge is 0.258 e. The van der Waals surface area contributed by atoms with E-state index in [0.717, 1.165) is 22.6 Å². The van der Waals surface area contributed by atoms with Gasteiger partial charge in [0.05, 0.1) is 12.6 Å². The van der Waals surface area contributed by atoms with Gasteiger partial charge in [-0.25, -0.2) is 0 Å². The van der Waals surface area contributed by atoms with Crippen molar-refractivity contribution in [2.24, 2.45) is 0 Å². The zero-order valence-corrected chi connectivity index (χ0v) is 15.6. The Morgan fingerprint density at radius 3 is 2.59 bits per heavy atom. The number of amides is 2. The molecule has 0 bridgehead atoms. The van der Waals surface area contributed by atoms with Crippen molar-refractivity contribution in [1.82, 2.24) is 5.32 Å². The number of aryl methyl sites for hydroxylation is 1. The van der Waals surface area contributed by atoms with Crippen LogP contribution in [0.2, 0.25) is 0 Å². The van der Waals surface area contributed by atoms with Crippen LogP contribution in [0.1, 0.15) is 37.4 Å². The van der Waals surface area contributed by atoms with Crippen molar-refractivity contribution in [1.29, 1.82) is 0 Å². The Hall–Kier alpha value is -3.02. The van der Waals surface area contributed by atoms with Gasteiger partial charge in [-0.3, -0.25) is 9.59 Å². The summed E-state index contributed by atoms with van der Waals surface area (Å²) in [6.45, 7) is 4.43. The van der Waals surface area contributed by atoms with Crippen molar-refractivity contribution in [2.45, 2.75) is 32.7 Å². The molecule has 142 valence electrons. The molecule has 0 fully saturated rings. The first-order chi connectivity index (χ1) is 13.0. The number of hydrogen-bond acceptors (Lipinski definition) is 4. The molecule has 0 aliphatic carbocycles. The van der Waals surface area contributed by atoms with Gasteiger partial charge in [0.1, 0.15) is 11.5 Å². The molecule has 1 atom stereocenters. The number of hydrogen-bond donors (Lipinski definition) is 2. The van der Waals surface area contributed by atoms with Gasteiger partial charge in [0.25, 0.3) is 5.91 Å². The van der Waals surface area contributed by atoms with Crippen LogP contribution in [-0.2, 0) is 16.0 Å². The van der Waals surface area contributed by atoms with Gasteiger partial charge in [-0.05, 0) is 61.7 Å². The molecule has 2 aromatic carbocycles.